The minimum Gasteiger partial charge on any atom is -0.494 e. The number of urea groups is 1. The molecule has 0 saturated carbocycles. The third kappa shape index (κ3) is 3.62. The van der Waals surface area contributed by atoms with Gasteiger partial charge in [0, 0.05) is 6.54 Å². The Morgan fingerprint density at radius 3 is 2.60 bits per heavy atom. The predicted octanol–water partition coefficient (Wildman–Crippen LogP) is 2.58. The Hall–Kier alpha value is -2.50. The summed E-state index contributed by atoms with van der Waals surface area (Å²) in [6.45, 7) is 7.99. The lowest BCUT2D eigenvalue weighted by atomic mass is 9.96. The van der Waals surface area contributed by atoms with E-state index >= 15 is 0 Å². The second kappa shape index (κ2) is 7.17. The molecule has 0 bridgehead atoms. The van der Waals surface area contributed by atoms with Crippen molar-refractivity contribution in [1.82, 2.24) is 15.5 Å². The van der Waals surface area contributed by atoms with Crippen LogP contribution >= 0.6 is 0 Å². The maximum atomic E-state index is 12.9. The van der Waals surface area contributed by atoms with E-state index in [4.69, 9.17) is 4.74 Å². The van der Waals surface area contributed by atoms with Crippen LogP contribution in [-0.2, 0) is 4.79 Å². The van der Waals surface area contributed by atoms with E-state index in [9.17, 15) is 9.59 Å². The fourth-order valence-electron chi connectivity index (χ4n) is 3.20. The molecule has 25 heavy (non-hydrogen) atoms. The second-order valence-electron chi connectivity index (χ2n) is 6.83. The third-order valence-electron chi connectivity index (χ3n) is 4.52. The first-order valence-electron chi connectivity index (χ1n) is 8.82. The van der Waals surface area contributed by atoms with Crippen molar-refractivity contribution in [3.05, 3.63) is 41.1 Å². The average Bonchev–Trinajstić information content (AvgIpc) is 2.89. The summed E-state index contributed by atoms with van der Waals surface area (Å²) in [5.74, 6) is 1.30. The smallest absolute Gasteiger partial charge is 0.319 e. The van der Waals surface area contributed by atoms with E-state index in [1.165, 1.54) is 0 Å². The maximum absolute atomic E-state index is 12.9. The second-order valence-corrected chi connectivity index (χ2v) is 6.83. The summed E-state index contributed by atoms with van der Waals surface area (Å²) in [7, 11) is 0. The summed E-state index contributed by atoms with van der Waals surface area (Å²) in [6, 6.07) is 6.84. The molecule has 2 aliphatic rings. The molecule has 1 atom stereocenters. The van der Waals surface area contributed by atoms with Crippen LogP contribution in [0.3, 0.4) is 0 Å². The number of carbonyl (C=O) groups excluding carboxylic acids is 2. The topological polar surface area (TPSA) is 70.7 Å². The van der Waals surface area contributed by atoms with Crippen LogP contribution in [0.25, 0.3) is 0 Å². The van der Waals surface area contributed by atoms with Crippen LogP contribution in [0.15, 0.2) is 35.5 Å². The number of benzene rings is 1. The van der Waals surface area contributed by atoms with Gasteiger partial charge in [-0.2, -0.15) is 0 Å². The van der Waals surface area contributed by atoms with Crippen molar-refractivity contribution < 1.29 is 14.3 Å². The lowest BCUT2D eigenvalue weighted by Gasteiger charge is -2.25. The summed E-state index contributed by atoms with van der Waals surface area (Å²) in [6.07, 6.45) is 0.946. The molecule has 3 amide bonds. The quantitative estimate of drug-likeness (QED) is 0.834. The van der Waals surface area contributed by atoms with Gasteiger partial charge in [-0.25, -0.2) is 4.79 Å². The highest BCUT2D eigenvalue weighted by atomic mass is 16.5. The molecule has 0 aliphatic carbocycles. The van der Waals surface area contributed by atoms with Crippen LogP contribution in [0.5, 0.6) is 5.75 Å². The highest BCUT2D eigenvalue weighted by Crippen LogP contribution is 2.33. The van der Waals surface area contributed by atoms with Crippen LogP contribution in [0, 0.1) is 5.92 Å². The third-order valence-corrected chi connectivity index (χ3v) is 4.52. The molecule has 2 aliphatic heterocycles. The van der Waals surface area contributed by atoms with E-state index in [2.05, 4.69) is 24.5 Å². The SMILES string of the molecule is CCOc1ccc([C@H]2NC(=O)NC3=C2C(=O)N(CCC(C)C)C3)cc1. The summed E-state index contributed by atoms with van der Waals surface area (Å²) in [4.78, 5) is 26.7. The number of ether oxygens (including phenoxy) is 1. The molecular weight excluding hydrogens is 318 g/mol. The first-order valence-corrected chi connectivity index (χ1v) is 8.82. The molecular formula is C19H25N3O3. The standard InChI is InChI=1S/C19H25N3O3/c1-4-25-14-7-5-13(6-8-14)17-16-15(20-19(24)21-17)11-22(18(16)23)10-9-12(2)3/h5-8,12,17H,4,9-11H2,1-3H3,(H2,20,21,24)/t17-/m1/s1. The zero-order valence-electron chi connectivity index (χ0n) is 15.0. The van der Waals surface area contributed by atoms with Gasteiger partial charge in [0.2, 0.25) is 0 Å². The molecule has 2 heterocycles. The Balaban J connectivity index is 1.83. The fourth-order valence-corrected chi connectivity index (χ4v) is 3.20. The Bertz CT molecular complexity index is 694. The van der Waals surface area contributed by atoms with Crippen molar-refractivity contribution in [2.45, 2.75) is 33.2 Å². The molecule has 6 heteroatoms. The Kier molecular flexibility index (Phi) is 4.97. The molecule has 0 aromatic heterocycles. The molecule has 6 nitrogen and oxygen atoms in total. The number of hydrogen-bond donors (Lipinski definition) is 2. The molecule has 0 spiro atoms. The molecule has 134 valence electrons. The van der Waals surface area contributed by atoms with Crippen molar-refractivity contribution >= 4 is 11.9 Å². The van der Waals surface area contributed by atoms with Crippen molar-refractivity contribution in [3.63, 3.8) is 0 Å². The Morgan fingerprint density at radius 2 is 1.96 bits per heavy atom. The fraction of sp³-hybridized carbons (Fsp3) is 0.474. The molecule has 0 fully saturated rings. The number of carbonyl (C=O) groups is 2. The van der Waals surface area contributed by atoms with E-state index in [1.54, 1.807) is 0 Å². The lowest BCUT2D eigenvalue weighted by Crippen LogP contribution is -2.44. The molecule has 1 aromatic rings. The highest BCUT2D eigenvalue weighted by molar-refractivity contribution is 6.01. The lowest BCUT2D eigenvalue weighted by molar-refractivity contribution is -0.125. The Labute approximate surface area is 148 Å². The average molecular weight is 343 g/mol. The van der Waals surface area contributed by atoms with Gasteiger partial charge in [-0.3, -0.25) is 4.79 Å². The summed E-state index contributed by atoms with van der Waals surface area (Å²) in [5.41, 5.74) is 2.24. The van der Waals surface area contributed by atoms with E-state index < -0.39 is 6.04 Å². The molecule has 3 rings (SSSR count). The van der Waals surface area contributed by atoms with E-state index in [0.29, 0.717) is 31.2 Å². The van der Waals surface area contributed by atoms with Gasteiger partial charge in [0.25, 0.3) is 5.91 Å². The van der Waals surface area contributed by atoms with Crippen molar-refractivity contribution in [1.29, 1.82) is 0 Å². The van der Waals surface area contributed by atoms with Crippen molar-refractivity contribution in [2.24, 2.45) is 5.92 Å². The first-order chi connectivity index (χ1) is 12.0. The van der Waals surface area contributed by atoms with Gasteiger partial charge in [0.1, 0.15) is 5.75 Å². The summed E-state index contributed by atoms with van der Waals surface area (Å²) in [5, 5.41) is 5.68. The van der Waals surface area contributed by atoms with Crippen LogP contribution in [-0.4, -0.2) is 36.5 Å². The molecule has 0 unspecified atom stereocenters. The minimum absolute atomic E-state index is 0.00188. The highest BCUT2D eigenvalue weighted by Gasteiger charge is 2.40. The van der Waals surface area contributed by atoms with Gasteiger partial charge in [-0.1, -0.05) is 26.0 Å². The largest absolute Gasteiger partial charge is 0.494 e. The Morgan fingerprint density at radius 1 is 1.24 bits per heavy atom. The number of nitrogens with zero attached hydrogens (tertiary/aromatic N) is 1. The van der Waals surface area contributed by atoms with Crippen LogP contribution in [0.2, 0.25) is 0 Å². The van der Waals surface area contributed by atoms with E-state index in [-0.39, 0.29) is 11.9 Å². The molecule has 0 radical (unpaired) electrons. The number of rotatable bonds is 6. The number of nitrogens with one attached hydrogen (secondary N) is 2. The molecule has 1 aromatic carbocycles. The molecule has 0 saturated heterocycles. The summed E-state index contributed by atoms with van der Waals surface area (Å²) < 4.78 is 5.46. The van der Waals surface area contributed by atoms with Gasteiger partial charge >= 0.3 is 6.03 Å². The first kappa shape index (κ1) is 17.3. The predicted molar refractivity (Wildman–Crippen MR) is 95.1 cm³/mol. The van der Waals surface area contributed by atoms with Gasteiger partial charge in [0.05, 0.1) is 30.5 Å². The minimum atomic E-state index is -0.420. The maximum Gasteiger partial charge on any atom is 0.319 e. The summed E-state index contributed by atoms with van der Waals surface area (Å²) >= 11 is 0. The van der Waals surface area contributed by atoms with Gasteiger partial charge in [0.15, 0.2) is 0 Å². The normalized spacial score (nSPS) is 19.8. The van der Waals surface area contributed by atoms with E-state index in [1.807, 2.05) is 36.1 Å². The van der Waals surface area contributed by atoms with E-state index in [0.717, 1.165) is 23.4 Å². The van der Waals surface area contributed by atoms with Gasteiger partial charge in [-0.15, -0.1) is 0 Å². The van der Waals surface area contributed by atoms with Crippen molar-refractivity contribution in [2.75, 3.05) is 19.7 Å². The zero-order chi connectivity index (χ0) is 18.0. The van der Waals surface area contributed by atoms with Gasteiger partial charge in [-0.05, 0) is 37.0 Å². The monoisotopic (exact) mass is 343 g/mol. The van der Waals surface area contributed by atoms with Gasteiger partial charge < -0.3 is 20.3 Å². The zero-order valence-corrected chi connectivity index (χ0v) is 15.0. The van der Waals surface area contributed by atoms with Crippen LogP contribution < -0.4 is 15.4 Å². The number of amides is 3. The van der Waals surface area contributed by atoms with Crippen LogP contribution in [0.4, 0.5) is 4.79 Å². The number of hydrogen-bond acceptors (Lipinski definition) is 3. The van der Waals surface area contributed by atoms with Crippen molar-refractivity contribution in [3.8, 4) is 5.75 Å². The van der Waals surface area contributed by atoms with Crippen LogP contribution in [0.1, 0.15) is 38.8 Å². The molecule has 2 N–H and O–H groups in total.